The normalized spacial score (nSPS) is 18.5. The topological polar surface area (TPSA) is 48.9 Å². The Labute approximate surface area is 118 Å². The molecule has 0 saturated heterocycles. The standard InChI is InChI=1S/C15H19ClN2O/c1-15(2,10-4-3-5-10)14(19)12-7-11(16)6-9-8-17-18-13(9)12/h6-8,10,14,19H,3-5H2,1-2H3,(H,17,18). The summed E-state index contributed by atoms with van der Waals surface area (Å²) in [4.78, 5) is 0. The number of fused-ring (bicyclic) bond motifs is 1. The molecular weight excluding hydrogens is 260 g/mol. The lowest BCUT2D eigenvalue weighted by Crippen LogP contribution is -2.35. The Bertz CT molecular complexity index is 601. The summed E-state index contributed by atoms with van der Waals surface area (Å²) >= 11 is 6.15. The molecule has 1 aromatic carbocycles. The fourth-order valence-electron chi connectivity index (χ4n) is 3.04. The van der Waals surface area contributed by atoms with Crippen LogP contribution in [0.25, 0.3) is 10.9 Å². The van der Waals surface area contributed by atoms with Crippen molar-refractivity contribution in [2.45, 2.75) is 39.2 Å². The Morgan fingerprint density at radius 2 is 2.16 bits per heavy atom. The van der Waals surface area contributed by atoms with E-state index in [2.05, 4.69) is 24.0 Å². The molecule has 1 fully saturated rings. The van der Waals surface area contributed by atoms with Gasteiger partial charge in [-0.1, -0.05) is 31.9 Å². The quantitative estimate of drug-likeness (QED) is 0.889. The Hall–Kier alpha value is -1.06. The highest BCUT2D eigenvalue weighted by Crippen LogP contribution is 2.49. The molecule has 1 heterocycles. The summed E-state index contributed by atoms with van der Waals surface area (Å²) < 4.78 is 0. The van der Waals surface area contributed by atoms with E-state index in [4.69, 9.17) is 11.6 Å². The number of hydrogen-bond donors (Lipinski definition) is 2. The highest BCUT2D eigenvalue weighted by Gasteiger charge is 2.40. The van der Waals surface area contributed by atoms with Gasteiger partial charge in [0.2, 0.25) is 0 Å². The summed E-state index contributed by atoms with van der Waals surface area (Å²) in [7, 11) is 0. The number of aromatic nitrogens is 2. The van der Waals surface area contributed by atoms with E-state index in [1.807, 2.05) is 12.1 Å². The second-order valence-electron chi connectivity index (χ2n) is 6.18. The molecule has 1 aliphatic rings. The van der Waals surface area contributed by atoms with Crippen LogP contribution in [-0.2, 0) is 0 Å². The van der Waals surface area contributed by atoms with Crippen LogP contribution >= 0.6 is 11.6 Å². The zero-order chi connectivity index (χ0) is 13.6. The first-order chi connectivity index (χ1) is 9.00. The van der Waals surface area contributed by atoms with E-state index in [1.54, 1.807) is 6.20 Å². The fourth-order valence-corrected chi connectivity index (χ4v) is 3.27. The van der Waals surface area contributed by atoms with Gasteiger partial charge in [-0.25, -0.2) is 0 Å². The van der Waals surface area contributed by atoms with E-state index in [9.17, 15) is 5.11 Å². The average Bonchev–Trinajstić information content (AvgIpc) is 2.71. The second-order valence-corrected chi connectivity index (χ2v) is 6.62. The zero-order valence-electron chi connectivity index (χ0n) is 11.3. The summed E-state index contributed by atoms with van der Waals surface area (Å²) in [5.41, 5.74) is 1.61. The van der Waals surface area contributed by atoms with Gasteiger partial charge in [0.15, 0.2) is 0 Å². The van der Waals surface area contributed by atoms with Crippen LogP contribution in [0.2, 0.25) is 5.02 Å². The minimum Gasteiger partial charge on any atom is -0.388 e. The van der Waals surface area contributed by atoms with Gasteiger partial charge in [-0.05, 0) is 36.3 Å². The average molecular weight is 279 g/mol. The fraction of sp³-hybridized carbons (Fsp3) is 0.533. The maximum atomic E-state index is 10.8. The van der Waals surface area contributed by atoms with Gasteiger partial charge >= 0.3 is 0 Å². The summed E-state index contributed by atoms with van der Waals surface area (Å²) in [6.07, 6.45) is 4.90. The van der Waals surface area contributed by atoms with Gasteiger partial charge in [0, 0.05) is 16.0 Å². The van der Waals surface area contributed by atoms with Gasteiger partial charge in [-0.15, -0.1) is 0 Å². The number of aliphatic hydroxyl groups excluding tert-OH is 1. The Kier molecular flexibility index (Phi) is 3.06. The van der Waals surface area contributed by atoms with Crippen LogP contribution in [0.5, 0.6) is 0 Å². The number of rotatable bonds is 3. The van der Waals surface area contributed by atoms with Crippen molar-refractivity contribution in [2.24, 2.45) is 11.3 Å². The number of hydrogen-bond acceptors (Lipinski definition) is 2. The molecular formula is C15H19ClN2O. The van der Waals surface area contributed by atoms with Crippen molar-refractivity contribution in [1.82, 2.24) is 10.2 Å². The third-order valence-electron chi connectivity index (χ3n) is 4.70. The number of nitrogens with one attached hydrogen (secondary N) is 1. The molecule has 1 atom stereocenters. The lowest BCUT2D eigenvalue weighted by atomic mass is 9.63. The van der Waals surface area contributed by atoms with Gasteiger partial charge in [-0.3, -0.25) is 5.10 Å². The third-order valence-corrected chi connectivity index (χ3v) is 4.92. The minimum atomic E-state index is -0.528. The second kappa shape index (κ2) is 4.50. The molecule has 19 heavy (non-hydrogen) atoms. The van der Waals surface area contributed by atoms with E-state index >= 15 is 0 Å². The van der Waals surface area contributed by atoms with Crippen LogP contribution < -0.4 is 0 Å². The predicted octanol–water partition coefficient (Wildman–Crippen LogP) is 4.08. The van der Waals surface area contributed by atoms with Gasteiger partial charge in [0.05, 0.1) is 17.8 Å². The summed E-state index contributed by atoms with van der Waals surface area (Å²) in [6.45, 7) is 4.29. The molecule has 1 aliphatic carbocycles. The van der Waals surface area contributed by atoms with Crippen LogP contribution in [0.4, 0.5) is 0 Å². The minimum absolute atomic E-state index is 0.138. The smallest absolute Gasteiger partial charge is 0.0864 e. The van der Waals surface area contributed by atoms with Crippen molar-refractivity contribution in [3.05, 3.63) is 28.9 Å². The summed E-state index contributed by atoms with van der Waals surface area (Å²) in [6, 6.07) is 3.72. The van der Waals surface area contributed by atoms with E-state index in [1.165, 1.54) is 19.3 Å². The van der Waals surface area contributed by atoms with Crippen LogP contribution in [0.15, 0.2) is 18.3 Å². The largest absolute Gasteiger partial charge is 0.388 e. The Morgan fingerprint density at radius 1 is 1.42 bits per heavy atom. The van der Waals surface area contributed by atoms with Crippen molar-refractivity contribution in [1.29, 1.82) is 0 Å². The lowest BCUT2D eigenvalue weighted by molar-refractivity contribution is -0.0235. The number of halogens is 1. The molecule has 102 valence electrons. The molecule has 0 amide bonds. The molecule has 0 bridgehead atoms. The zero-order valence-corrected chi connectivity index (χ0v) is 12.0. The Morgan fingerprint density at radius 3 is 2.79 bits per heavy atom. The van der Waals surface area contributed by atoms with E-state index in [0.717, 1.165) is 16.5 Å². The molecule has 4 heteroatoms. The van der Waals surface area contributed by atoms with Crippen LogP contribution in [0, 0.1) is 11.3 Å². The van der Waals surface area contributed by atoms with Crippen LogP contribution in [0.1, 0.15) is 44.8 Å². The highest BCUT2D eigenvalue weighted by atomic mass is 35.5. The third kappa shape index (κ3) is 2.05. The first-order valence-corrected chi connectivity index (χ1v) is 7.18. The molecule has 2 aromatic rings. The molecule has 0 radical (unpaired) electrons. The van der Waals surface area contributed by atoms with Gasteiger partial charge < -0.3 is 5.11 Å². The molecule has 0 aliphatic heterocycles. The van der Waals surface area contributed by atoms with Crippen molar-refractivity contribution in [3.8, 4) is 0 Å². The molecule has 2 N–H and O–H groups in total. The maximum absolute atomic E-state index is 10.8. The van der Waals surface area contributed by atoms with E-state index in [-0.39, 0.29) is 5.41 Å². The predicted molar refractivity (Wildman–Crippen MR) is 77.2 cm³/mol. The van der Waals surface area contributed by atoms with Crippen molar-refractivity contribution < 1.29 is 5.11 Å². The maximum Gasteiger partial charge on any atom is 0.0864 e. The summed E-state index contributed by atoms with van der Waals surface area (Å²) in [5, 5.41) is 19.4. The molecule has 1 saturated carbocycles. The first kappa shape index (κ1) is 12.9. The number of aliphatic hydroxyl groups is 1. The first-order valence-electron chi connectivity index (χ1n) is 6.80. The van der Waals surface area contributed by atoms with E-state index in [0.29, 0.717) is 10.9 Å². The molecule has 0 spiro atoms. The van der Waals surface area contributed by atoms with Gasteiger partial charge in [0.25, 0.3) is 0 Å². The number of benzene rings is 1. The van der Waals surface area contributed by atoms with Gasteiger partial charge in [0.1, 0.15) is 0 Å². The van der Waals surface area contributed by atoms with E-state index < -0.39 is 6.10 Å². The monoisotopic (exact) mass is 278 g/mol. The summed E-state index contributed by atoms with van der Waals surface area (Å²) in [5.74, 6) is 0.583. The van der Waals surface area contributed by atoms with Gasteiger partial charge in [-0.2, -0.15) is 5.10 Å². The lowest BCUT2D eigenvalue weighted by Gasteiger charge is -2.43. The SMILES string of the molecule is CC(C)(C1CCC1)C(O)c1cc(Cl)cc2cn[nH]c12. The molecule has 3 rings (SSSR count). The number of nitrogens with zero attached hydrogens (tertiary/aromatic N) is 1. The van der Waals surface area contributed by atoms with Crippen molar-refractivity contribution in [2.75, 3.05) is 0 Å². The molecule has 1 aromatic heterocycles. The number of H-pyrrole nitrogens is 1. The van der Waals surface area contributed by atoms with Crippen LogP contribution in [0.3, 0.4) is 0 Å². The highest BCUT2D eigenvalue weighted by molar-refractivity contribution is 6.31. The van der Waals surface area contributed by atoms with Crippen LogP contribution in [-0.4, -0.2) is 15.3 Å². The Balaban J connectivity index is 2.05. The molecule has 1 unspecified atom stereocenters. The number of aromatic amines is 1. The van der Waals surface area contributed by atoms with Crippen molar-refractivity contribution >= 4 is 22.5 Å². The van der Waals surface area contributed by atoms with Crippen molar-refractivity contribution in [3.63, 3.8) is 0 Å². The molecule has 3 nitrogen and oxygen atoms in total.